The number of carbonyl (C=O) groups excluding carboxylic acids is 3. The van der Waals surface area contributed by atoms with Crippen molar-refractivity contribution in [3.63, 3.8) is 0 Å². The number of carbonyl (C=O) groups is 3. The van der Waals surface area contributed by atoms with Gasteiger partial charge < -0.3 is 10.1 Å². The third-order valence-electron chi connectivity index (χ3n) is 2.47. The van der Waals surface area contributed by atoms with Crippen molar-refractivity contribution >= 4 is 23.9 Å². The first-order chi connectivity index (χ1) is 9.88. The third kappa shape index (κ3) is 4.27. The van der Waals surface area contributed by atoms with Crippen LogP contribution in [-0.2, 0) is 4.79 Å². The molecule has 1 aromatic carbocycles. The number of rotatable bonds is 5. The minimum absolute atomic E-state index is 0.00940. The smallest absolute Gasteiger partial charge is 0.321 e. The maximum Gasteiger partial charge on any atom is 0.321 e. The highest BCUT2D eigenvalue weighted by Crippen LogP contribution is 2.23. The van der Waals surface area contributed by atoms with Crippen molar-refractivity contribution in [1.82, 2.24) is 10.6 Å². The van der Waals surface area contributed by atoms with E-state index >= 15 is 0 Å². The second-order valence-electron chi connectivity index (χ2n) is 3.93. The van der Waals surface area contributed by atoms with E-state index in [0.717, 1.165) is 12.1 Å². The number of nitro groups is 1. The summed E-state index contributed by atoms with van der Waals surface area (Å²) in [5.74, 6) is -0.709. The van der Waals surface area contributed by atoms with Crippen LogP contribution in [0.3, 0.4) is 0 Å². The van der Waals surface area contributed by atoms with Crippen molar-refractivity contribution in [3.8, 4) is 5.75 Å². The Kier molecular flexibility index (Phi) is 5.35. The maximum atomic E-state index is 11.6. The average Bonchev–Trinajstić information content (AvgIpc) is 2.46. The van der Waals surface area contributed by atoms with Crippen LogP contribution in [0.2, 0.25) is 0 Å². The fourth-order valence-corrected chi connectivity index (χ4v) is 1.37. The normalized spacial score (nSPS) is 11.1. The molecule has 0 saturated carbocycles. The molecule has 0 aliphatic rings. The number of hydrogen-bond donors (Lipinski definition) is 2. The van der Waals surface area contributed by atoms with Gasteiger partial charge in [-0.2, -0.15) is 0 Å². The Morgan fingerprint density at radius 2 is 2.10 bits per heavy atom. The number of hydrogen-bond acceptors (Lipinski definition) is 6. The van der Waals surface area contributed by atoms with E-state index in [-0.39, 0.29) is 17.0 Å². The molecule has 2 N–H and O–H groups in total. The van der Waals surface area contributed by atoms with Crippen LogP contribution >= 0.6 is 0 Å². The molecule has 0 bridgehead atoms. The predicted molar refractivity (Wildman–Crippen MR) is 71.2 cm³/mol. The summed E-state index contributed by atoms with van der Waals surface area (Å²) in [6.45, 7) is 1.37. The number of non-ortho nitro benzene ring substituents is 1. The van der Waals surface area contributed by atoms with Gasteiger partial charge in [0.25, 0.3) is 11.6 Å². The summed E-state index contributed by atoms with van der Waals surface area (Å²) in [4.78, 5) is 43.5. The Balaban J connectivity index is 2.87. The number of benzene rings is 1. The monoisotopic (exact) mass is 295 g/mol. The molecule has 9 heteroatoms. The fraction of sp³-hybridized carbons (Fsp3) is 0.250. The standard InChI is InChI=1S/C12H13N3O6/c1-7(11(17)14-12(18)13-2)21-10-4-3-9(15(19)20)5-8(10)6-16/h3-7H,1-2H3,(H2,13,14,17,18). The van der Waals surface area contributed by atoms with Crippen LogP contribution in [-0.4, -0.2) is 36.3 Å². The Hall–Kier alpha value is -2.97. The van der Waals surface area contributed by atoms with Crippen molar-refractivity contribution in [1.29, 1.82) is 0 Å². The summed E-state index contributed by atoms with van der Waals surface area (Å²) in [5, 5.41) is 14.8. The lowest BCUT2D eigenvalue weighted by atomic mass is 10.2. The molecule has 21 heavy (non-hydrogen) atoms. The third-order valence-corrected chi connectivity index (χ3v) is 2.47. The number of nitrogens with zero attached hydrogens (tertiary/aromatic N) is 1. The largest absolute Gasteiger partial charge is 0.480 e. The second-order valence-corrected chi connectivity index (χ2v) is 3.93. The molecule has 1 unspecified atom stereocenters. The summed E-state index contributed by atoms with van der Waals surface area (Å²) in [7, 11) is 1.34. The highest BCUT2D eigenvalue weighted by Gasteiger charge is 2.19. The van der Waals surface area contributed by atoms with Crippen LogP contribution in [0.15, 0.2) is 18.2 Å². The first-order valence-electron chi connectivity index (χ1n) is 5.82. The van der Waals surface area contributed by atoms with E-state index in [1.165, 1.54) is 20.0 Å². The molecule has 0 aromatic heterocycles. The zero-order valence-electron chi connectivity index (χ0n) is 11.3. The fourth-order valence-electron chi connectivity index (χ4n) is 1.37. The van der Waals surface area contributed by atoms with Gasteiger partial charge in [0.1, 0.15) is 5.75 Å². The van der Waals surface area contributed by atoms with Crippen molar-refractivity contribution in [2.24, 2.45) is 0 Å². The molecular formula is C12H13N3O6. The summed E-state index contributed by atoms with van der Waals surface area (Å²) in [6, 6.07) is 2.69. The van der Waals surface area contributed by atoms with Gasteiger partial charge in [0.05, 0.1) is 10.5 Å². The first kappa shape index (κ1) is 16.1. The van der Waals surface area contributed by atoms with Gasteiger partial charge in [0, 0.05) is 19.2 Å². The molecule has 0 heterocycles. The zero-order valence-corrected chi connectivity index (χ0v) is 11.3. The van der Waals surface area contributed by atoms with Crippen molar-refractivity contribution < 1.29 is 24.0 Å². The molecule has 1 rings (SSSR count). The van der Waals surface area contributed by atoms with Gasteiger partial charge in [-0.3, -0.25) is 25.0 Å². The number of aldehydes is 1. The van der Waals surface area contributed by atoms with Crippen molar-refractivity contribution in [2.75, 3.05) is 7.05 Å². The molecule has 0 aliphatic heterocycles. The van der Waals surface area contributed by atoms with Crippen molar-refractivity contribution in [2.45, 2.75) is 13.0 Å². The van der Waals surface area contributed by atoms with E-state index in [1.807, 2.05) is 5.32 Å². The molecule has 1 aromatic rings. The Bertz CT molecular complexity index is 586. The Morgan fingerprint density at radius 3 is 2.62 bits per heavy atom. The van der Waals surface area contributed by atoms with E-state index in [2.05, 4.69) is 5.32 Å². The zero-order chi connectivity index (χ0) is 16.0. The lowest BCUT2D eigenvalue weighted by Crippen LogP contribution is -2.44. The molecule has 0 spiro atoms. The molecule has 0 saturated heterocycles. The van der Waals surface area contributed by atoms with Crippen LogP contribution in [0.25, 0.3) is 0 Å². The van der Waals surface area contributed by atoms with Crippen LogP contribution in [0.5, 0.6) is 5.75 Å². The van der Waals surface area contributed by atoms with E-state index in [0.29, 0.717) is 6.29 Å². The van der Waals surface area contributed by atoms with Gasteiger partial charge in [-0.1, -0.05) is 0 Å². The second kappa shape index (κ2) is 6.98. The SMILES string of the molecule is CNC(=O)NC(=O)C(C)Oc1ccc([N+](=O)[O-])cc1C=O. The summed E-state index contributed by atoms with van der Waals surface area (Å²) in [6.07, 6.45) is -0.687. The molecular weight excluding hydrogens is 282 g/mol. The van der Waals surface area contributed by atoms with Crippen LogP contribution in [0.1, 0.15) is 17.3 Å². The van der Waals surface area contributed by atoms with E-state index < -0.39 is 23.0 Å². The van der Waals surface area contributed by atoms with Gasteiger partial charge in [-0.25, -0.2) is 4.79 Å². The summed E-state index contributed by atoms with van der Waals surface area (Å²) < 4.78 is 5.23. The highest BCUT2D eigenvalue weighted by molar-refractivity contribution is 5.96. The maximum absolute atomic E-state index is 11.6. The average molecular weight is 295 g/mol. The lowest BCUT2D eigenvalue weighted by Gasteiger charge is -2.15. The van der Waals surface area contributed by atoms with Gasteiger partial charge in [-0.05, 0) is 13.0 Å². The molecule has 3 amide bonds. The Labute approximate surface area is 119 Å². The molecule has 0 radical (unpaired) electrons. The number of imide groups is 1. The van der Waals surface area contributed by atoms with Crippen LogP contribution < -0.4 is 15.4 Å². The molecule has 1 atom stereocenters. The van der Waals surface area contributed by atoms with Gasteiger partial charge in [0.15, 0.2) is 12.4 Å². The van der Waals surface area contributed by atoms with Gasteiger partial charge >= 0.3 is 6.03 Å². The molecule has 9 nitrogen and oxygen atoms in total. The minimum Gasteiger partial charge on any atom is -0.480 e. The van der Waals surface area contributed by atoms with E-state index in [4.69, 9.17) is 4.74 Å². The van der Waals surface area contributed by atoms with Crippen molar-refractivity contribution in [3.05, 3.63) is 33.9 Å². The highest BCUT2D eigenvalue weighted by atomic mass is 16.6. The molecule has 0 fully saturated rings. The number of ether oxygens (including phenoxy) is 1. The number of amides is 3. The first-order valence-corrected chi connectivity index (χ1v) is 5.82. The number of nitro benzene ring substituents is 1. The molecule has 0 aliphatic carbocycles. The number of nitrogens with one attached hydrogen (secondary N) is 2. The van der Waals surface area contributed by atoms with Gasteiger partial charge in [-0.15, -0.1) is 0 Å². The predicted octanol–water partition coefficient (Wildman–Crippen LogP) is 0.630. The summed E-state index contributed by atoms with van der Waals surface area (Å²) in [5.41, 5.74) is -0.337. The van der Waals surface area contributed by atoms with E-state index in [1.54, 1.807) is 0 Å². The van der Waals surface area contributed by atoms with Crippen LogP contribution in [0, 0.1) is 10.1 Å². The van der Waals surface area contributed by atoms with Crippen LogP contribution in [0.4, 0.5) is 10.5 Å². The van der Waals surface area contributed by atoms with Gasteiger partial charge in [0.2, 0.25) is 0 Å². The minimum atomic E-state index is -1.07. The quantitative estimate of drug-likeness (QED) is 0.466. The lowest BCUT2D eigenvalue weighted by molar-refractivity contribution is -0.384. The Morgan fingerprint density at radius 1 is 1.43 bits per heavy atom. The summed E-state index contributed by atoms with van der Waals surface area (Å²) >= 11 is 0. The topological polar surface area (TPSA) is 128 Å². The molecule has 112 valence electrons. The van der Waals surface area contributed by atoms with E-state index in [9.17, 15) is 24.5 Å². The number of urea groups is 1.